The first-order valence-electron chi connectivity index (χ1n) is 3.43. The minimum atomic E-state index is -0.629. The molecule has 0 fully saturated rings. The van der Waals surface area contributed by atoms with Crippen molar-refractivity contribution in [2.24, 2.45) is 4.63 Å². The average molecular weight is 285 g/mol. The van der Waals surface area contributed by atoms with Gasteiger partial charge in [0, 0.05) is 0 Å². The number of allylic oxidation sites excluding steroid dienone is 4. The summed E-state index contributed by atoms with van der Waals surface area (Å²) in [5, 5.41) is 0. The van der Waals surface area contributed by atoms with Crippen LogP contribution in [-0.2, 0) is 26.5 Å². The van der Waals surface area contributed by atoms with E-state index in [-0.39, 0.29) is 46.5 Å². The number of carbonyl (C=O) groups excluding carboxylic acids is 1. The fourth-order valence-electron chi connectivity index (χ4n) is 0.446. The largest absolute Gasteiger partial charge is 3.00 e. The molecule has 1 aliphatic carbocycles. The molecule has 0 spiro atoms. The van der Waals surface area contributed by atoms with Crippen LogP contribution in [0.5, 0.6) is 0 Å². The summed E-state index contributed by atoms with van der Waals surface area (Å²) in [6.07, 6.45) is 10.6. The second-order valence-corrected chi connectivity index (χ2v) is 4.34. The molecule has 1 amide bonds. The summed E-state index contributed by atoms with van der Waals surface area (Å²) in [4.78, 5) is 9.47. The molecule has 0 saturated heterocycles. The third-order valence-electron chi connectivity index (χ3n) is 0.897. The van der Waals surface area contributed by atoms with Crippen molar-refractivity contribution in [2.45, 2.75) is 19.5 Å². The van der Waals surface area contributed by atoms with Gasteiger partial charge in [-0.3, -0.25) is 15.5 Å². The number of amides is 1. The minimum Gasteiger partial charge on any atom is -1.00 e. The molecule has 77 valence electrons. The zero-order valence-corrected chi connectivity index (χ0v) is 12.2. The maximum absolute atomic E-state index is 9.47. The number of hydrogen-bond donors (Lipinski definition) is 0. The van der Waals surface area contributed by atoms with Crippen molar-refractivity contribution in [1.29, 1.82) is 0 Å². The zero-order chi connectivity index (χ0) is 8.53. The van der Waals surface area contributed by atoms with Gasteiger partial charge in [0.1, 0.15) is 8.59 Å². The molecular formula is C8H12Cl2NOSiTi. The molecule has 0 atom stereocenters. The van der Waals surface area contributed by atoms with Gasteiger partial charge in [0.15, 0.2) is 0 Å². The van der Waals surface area contributed by atoms with E-state index < -0.39 is 8.59 Å². The third kappa shape index (κ3) is 22.9. The Morgan fingerprint density at radius 3 is 2.07 bits per heavy atom. The van der Waals surface area contributed by atoms with E-state index in [1.54, 1.807) is 0 Å². The van der Waals surface area contributed by atoms with Gasteiger partial charge in [-0.05, 0) is 13.1 Å². The molecule has 0 aliphatic heterocycles. The van der Waals surface area contributed by atoms with E-state index in [1.807, 2.05) is 25.2 Å². The molecule has 2 nitrogen and oxygen atoms in total. The number of nitrogens with zero attached hydrogens (tertiary/aromatic N) is 1. The molecule has 1 aliphatic rings. The van der Waals surface area contributed by atoms with Gasteiger partial charge in [0.25, 0.3) is 0 Å². The first kappa shape index (κ1) is 23.9. The van der Waals surface area contributed by atoms with Crippen LogP contribution in [0.1, 0.15) is 6.42 Å². The Balaban J connectivity index is -0.0000000590. The van der Waals surface area contributed by atoms with Crippen molar-refractivity contribution in [2.75, 3.05) is 0 Å². The Kier molecular flexibility index (Phi) is 32.7. The monoisotopic (exact) mass is 284 g/mol. The molecule has 6 heteroatoms. The van der Waals surface area contributed by atoms with E-state index in [9.17, 15) is 4.79 Å². The maximum atomic E-state index is 9.47. The first-order valence-corrected chi connectivity index (χ1v) is 5.88. The van der Waals surface area contributed by atoms with Crippen molar-refractivity contribution in [3.8, 4) is 0 Å². The fraction of sp³-hybridized carbons (Fsp3) is 0.375. The Hall–Kier alpha value is 0.461. The van der Waals surface area contributed by atoms with E-state index in [4.69, 9.17) is 0 Å². The van der Waals surface area contributed by atoms with E-state index in [0.717, 1.165) is 6.42 Å². The van der Waals surface area contributed by atoms with Crippen LogP contribution in [0.15, 0.2) is 22.9 Å². The summed E-state index contributed by atoms with van der Waals surface area (Å²) in [6, 6.07) is 0. The van der Waals surface area contributed by atoms with Crippen molar-refractivity contribution >= 4 is 15.0 Å². The molecule has 1 radical (unpaired) electrons. The topological polar surface area (TPSA) is 29.4 Å². The Bertz CT molecular complexity index is 194. The fourth-order valence-corrected chi connectivity index (χ4v) is 0.656. The van der Waals surface area contributed by atoms with Crippen LogP contribution in [0.4, 0.5) is 0 Å². The summed E-state index contributed by atoms with van der Waals surface area (Å²) in [5.41, 5.74) is 0. The first-order chi connectivity index (χ1) is 5.27. The van der Waals surface area contributed by atoms with Gasteiger partial charge < -0.3 is 24.8 Å². The Morgan fingerprint density at radius 1 is 1.43 bits per heavy atom. The van der Waals surface area contributed by atoms with Crippen LogP contribution < -0.4 is 24.8 Å². The van der Waals surface area contributed by atoms with Crippen molar-refractivity contribution in [3.63, 3.8) is 0 Å². The van der Waals surface area contributed by atoms with Crippen LogP contribution in [-0.4, -0.2) is 15.0 Å². The van der Waals surface area contributed by atoms with Gasteiger partial charge >= 0.3 is 21.7 Å². The molecule has 0 aromatic heterocycles. The summed E-state index contributed by atoms with van der Waals surface area (Å²) in [6.45, 7) is 3.91. The van der Waals surface area contributed by atoms with Crippen molar-refractivity contribution < 1.29 is 51.3 Å². The standard InChI is InChI=1S/C5H5.C3H7NOSi.2ClH.Ti/c1-2-4-5-3-1;1-6(2)4-3-5;;;/h1-3H,4H2;3H,1-2H3;2*1H;/q-1;;;;+3/p-2. The molecule has 14 heavy (non-hydrogen) atoms. The maximum Gasteiger partial charge on any atom is 3.00 e. The van der Waals surface area contributed by atoms with Crippen LogP contribution >= 0.6 is 0 Å². The number of halogens is 2. The number of rotatable bonds is 1. The van der Waals surface area contributed by atoms with Crippen LogP contribution in [0.3, 0.4) is 0 Å². The summed E-state index contributed by atoms with van der Waals surface area (Å²) in [7, 11) is -0.629. The predicted octanol–water partition coefficient (Wildman–Crippen LogP) is -4.03. The molecule has 0 aromatic rings. The van der Waals surface area contributed by atoms with Gasteiger partial charge in [-0.1, -0.05) is 0 Å². The summed E-state index contributed by atoms with van der Waals surface area (Å²) in [5.74, 6) is 0. The molecule has 0 N–H and O–H groups in total. The van der Waals surface area contributed by atoms with Gasteiger partial charge in [-0.25, -0.2) is 12.2 Å². The van der Waals surface area contributed by atoms with Gasteiger partial charge in [0.05, 0.1) is 0 Å². The molecule has 0 aromatic carbocycles. The molecule has 0 saturated carbocycles. The third-order valence-corrected chi connectivity index (χ3v) is 1.52. The van der Waals surface area contributed by atoms with E-state index >= 15 is 0 Å². The van der Waals surface area contributed by atoms with E-state index in [2.05, 4.69) is 16.8 Å². The van der Waals surface area contributed by atoms with Gasteiger partial charge in [-0.2, -0.15) is 6.08 Å². The van der Waals surface area contributed by atoms with Crippen LogP contribution in [0, 0.1) is 6.08 Å². The summed E-state index contributed by atoms with van der Waals surface area (Å²) < 4.78 is 3.55. The molecule has 1 rings (SSSR count). The van der Waals surface area contributed by atoms with E-state index in [0.29, 0.717) is 6.41 Å². The van der Waals surface area contributed by atoms with Crippen molar-refractivity contribution in [1.82, 2.24) is 0 Å². The minimum absolute atomic E-state index is 0. The molecule has 0 unspecified atom stereocenters. The van der Waals surface area contributed by atoms with E-state index in [1.165, 1.54) is 0 Å². The van der Waals surface area contributed by atoms with Crippen molar-refractivity contribution in [3.05, 3.63) is 24.3 Å². The quantitative estimate of drug-likeness (QED) is 0.274. The van der Waals surface area contributed by atoms with Gasteiger partial charge in [-0.15, -0.1) is 6.42 Å². The normalized spacial score (nSPS) is 9.29. The zero-order valence-electron chi connectivity index (χ0n) is 8.13. The SMILES string of the molecule is C[Si](C)=NC=O.[C-]1=CC=CC1.[Cl-].[Cl-].[Ti+3]. The second-order valence-electron chi connectivity index (χ2n) is 2.18. The molecule has 0 bridgehead atoms. The molecular weight excluding hydrogens is 273 g/mol. The van der Waals surface area contributed by atoms with Crippen LogP contribution in [0.25, 0.3) is 0 Å². The second kappa shape index (κ2) is 19.1. The Labute approximate surface area is 114 Å². The summed E-state index contributed by atoms with van der Waals surface area (Å²) >= 11 is 0. The number of carbonyl (C=O) groups is 1. The smallest absolute Gasteiger partial charge is 1.00 e. The van der Waals surface area contributed by atoms with Crippen LogP contribution in [0.2, 0.25) is 13.1 Å². The van der Waals surface area contributed by atoms with Gasteiger partial charge in [0.2, 0.25) is 6.41 Å². The number of hydrogen-bond acceptors (Lipinski definition) is 1. The molecule has 0 heterocycles. The average Bonchev–Trinajstić information content (AvgIpc) is 2.41. The predicted molar refractivity (Wildman–Crippen MR) is 47.5 cm³/mol. The Morgan fingerprint density at radius 2 is 2.00 bits per heavy atom.